The summed E-state index contributed by atoms with van der Waals surface area (Å²) in [6.07, 6.45) is 0. The van der Waals surface area contributed by atoms with E-state index in [1.54, 1.807) is 0 Å². The average Bonchev–Trinajstić information content (AvgIpc) is 2.28. The Balaban J connectivity index is 2.70. The molecule has 0 heterocycles. The molecule has 0 aliphatic rings. The lowest BCUT2D eigenvalue weighted by Gasteiger charge is -2.19. The van der Waals surface area contributed by atoms with Crippen LogP contribution in [0.2, 0.25) is 5.02 Å². The van der Waals surface area contributed by atoms with E-state index in [0.717, 1.165) is 5.56 Å². The van der Waals surface area contributed by atoms with Crippen LogP contribution in [0.1, 0.15) is 32.4 Å². The molecule has 0 fully saturated rings. The monoisotopic (exact) mass is 317 g/mol. The van der Waals surface area contributed by atoms with Crippen molar-refractivity contribution in [1.29, 1.82) is 0 Å². The number of hydrogen-bond acceptors (Lipinski definition) is 1. The van der Waals surface area contributed by atoms with Crippen LogP contribution in [0.4, 0.5) is 0 Å². The number of carbonyl (C=O) groups excluding carboxylic acids is 1. The number of carbonyl (C=O) groups is 1. The van der Waals surface area contributed by atoms with Gasteiger partial charge in [-0.15, -0.1) is 0 Å². The SMILES string of the molecule is CC(C)C(Br)C(=O)N[C@H](C)c1ccccc1Cl. The van der Waals surface area contributed by atoms with E-state index in [0.29, 0.717) is 5.02 Å². The first-order valence-corrected chi connectivity index (χ1v) is 6.91. The summed E-state index contributed by atoms with van der Waals surface area (Å²) in [5.41, 5.74) is 0.936. The second-order valence-electron chi connectivity index (χ2n) is 4.40. The van der Waals surface area contributed by atoms with E-state index < -0.39 is 0 Å². The molecule has 0 bridgehead atoms. The third-order valence-corrected chi connectivity index (χ3v) is 4.38. The highest BCUT2D eigenvalue weighted by atomic mass is 79.9. The van der Waals surface area contributed by atoms with Crippen molar-refractivity contribution in [3.63, 3.8) is 0 Å². The minimum Gasteiger partial charge on any atom is -0.349 e. The number of amides is 1. The van der Waals surface area contributed by atoms with Crippen LogP contribution < -0.4 is 5.32 Å². The van der Waals surface area contributed by atoms with Crippen LogP contribution >= 0.6 is 27.5 Å². The quantitative estimate of drug-likeness (QED) is 0.837. The third-order valence-electron chi connectivity index (χ3n) is 2.57. The summed E-state index contributed by atoms with van der Waals surface area (Å²) in [6, 6.07) is 7.45. The van der Waals surface area contributed by atoms with E-state index in [2.05, 4.69) is 21.2 Å². The fourth-order valence-electron chi connectivity index (χ4n) is 1.50. The Morgan fingerprint density at radius 2 is 1.88 bits per heavy atom. The average molecular weight is 319 g/mol. The van der Waals surface area contributed by atoms with E-state index in [1.807, 2.05) is 45.0 Å². The van der Waals surface area contributed by atoms with E-state index in [9.17, 15) is 4.79 Å². The molecule has 1 amide bonds. The number of hydrogen-bond donors (Lipinski definition) is 1. The number of nitrogens with one attached hydrogen (secondary N) is 1. The second kappa shape index (κ2) is 6.41. The number of alkyl halides is 1. The molecule has 0 aliphatic heterocycles. The van der Waals surface area contributed by atoms with Crippen molar-refractivity contribution in [2.24, 2.45) is 5.92 Å². The predicted octanol–water partition coefficient (Wildman–Crippen LogP) is 3.94. The van der Waals surface area contributed by atoms with Crippen LogP contribution in [0.5, 0.6) is 0 Å². The minimum absolute atomic E-state index is 0.00702. The zero-order chi connectivity index (χ0) is 13.0. The van der Waals surface area contributed by atoms with Gasteiger partial charge in [-0.1, -0.05) is 59.6 Å². The standard InChI is InChI=1S/C13H17BrClNO/c1-8(2)12(14)13(17)16-9(3)10-6-4-5-7-11(10)15/h4-9,12H,1-3H3,(H,16,17)/t9-,12?/m1/s1. The summed E-state index contributed by atoms with van der Waals surface area (Å²) in [5.74, 6) is 0.251. The summed E-state index contributed by atoms with van der Waals surface area (Å²) < 4.78 is 0. The number of halogens is 2. The fourth-order valence-corrected chi connectivity index (χ4v) is 1.93. The smallest absolute Gasteiger partial charge is 0.234 e. The molecule has 17 heavy (non-hydrogen) atoms. The topological polar surface area (TPSA) is 29.1 Å². The summed E-state index contributed by atoms with van der Waals surface area (Å²) >= 11 is 9.46. The van der Waals surface area contributed by atoms with E-state index in [-0.39, 0.29) is 22.7 Å². The van der Waals surface area contributed by atoms with Crippen LogP contribution in [0, 0.1) is 5.92 Å². The fraction of sp³-hybridized carbons (Fsp3) is 0.462. The van der Waals surface area contributed by atoms with Gasteiger partial charge >= 0.3 is 0 Å². The van der Waals surface area contributed by atoms with Crippen molar-refractivity contribution in [2.75, 3.05) is 0 Å². The minimum atomic E-state index is -0.174. The maximum atomic E-state index is 11.9. The van der Waals surface area contributed by atoms with Crippen molar-refractivity contribution in [3.8, 4) is 0 Å². The van der Waals surface area contributed by atoms with Gasteiger partial charge in [-0.05, 0) is 24.5 Å². The first-order valence-electron chi connectivity index (χ1n) is 5.62. The van der Waals surface area contributed by atoms with Gasteiger partial charge in [0, 0.05) is 5.02 Å². The molecular weight excluding hydrogens is 302 g/mol. The number of benzene rings is 1. The van der Waals surface area contributed by atoms with Gasteiger partial charge in [-0.25, -0.2) is 0 Å². The van der Waals surface area contributed by atoms with Crippen molar-refractivity contribution in [1.82, 2.24) is 5.32 Å². The molecule has 94 valence electrons. The summed E-state index contributed by atoms with van der Waals surface area (Å²) in [6.45, 7) is 5.93. The second-order valence-corrected chi connectivity index (χ2v) is 5.79. The first-order chi connectivity index (χ1) is 7.93. The molecule has 4 heteroatoms. The Bertz CT molecular complexity index is 395. The molecule has 1 unspecified atom stereocenters. The van der Waals surface area contributed by atoms with Crippen molar-refractivity contribution >= 4 is 33.4 Å². The molecule has 0 radical (unpaired) electrons. The van der Waals surface area contributed by atoms with Gasteiger partial charge in [0.05, 0.1) is 10.9 Å². The maximum Gasteiger partial charge on any atom is 0.234 e. The summed E-state index contributed by atoms with van der Waals surface area (Å²) in [4.78, 5) is 11.7. The first kappa shape index (κ1) is 14.5. The van der Waals surface area contributed by atoms with Gasteiger partial charge in [-0.3, -0.25) is 4.79 Å². The van der Waals surface area contributed by atoms with Crippen LogP contribution in [0.25, 0.3) is 0 Å². The highest BCUT2D eigenvalue weighted by Crippen LogP contribution is 2.23. The van der Waals surface area contributed by atoms with Gasteiger partial charge in [0.15, 0.2) is 0 Å². The molecule has 1 aromatic rings. The highest BCUT2D eigenvalue weighted by Gasteiger charge is 2.21. The molecule has 0 spiro atoms. The molecule has 2 atom stereocenters. The Morgan fingerprint density at radius 3 is 2.41 bits per heavy atom. The normalized spacial score (nSPS) is 14.5. The van der Waals surface area contributed by atoms with Crippen molar-refractivity contribution < 1.29 is 4.79 Å². The zero-order valence-electron chi connectivity index (χ0n) is 10.2. The molecule has 1 rings (SSSR count). The Morgan fingerprint density at radius 1 is 1.29 bits per heavy atom. The molecule has 1 aromatic carbocycles. The lowest BCUT2D eigenvalue weighted by atomic mass is 10.1. The predicted molar refractivity (Wildman–Crippen MR) is 75.6 cm³/mol. The molecule has 2 nitrogen and oxygen atoms in total. The molecule has 1 N–H and O–H groups in total. The third kappa shape index (κ3) is 4.00. The molecular formula is C13H17BrClNO. The van der Waals surface area contributed by atoms with Crippen LogP contribution in [-0.4, -0.2) is 10.7 Å². The molecule has 0 saturated heterocycles. The Labute approximate surface area is 116 Å². The van der Waals surface area contributed by atoms with Crippen LogP contribution in [0.3, 0.4) is 0 Å². The largest absolute Gasteiger partial charge is 0.349 e. The summed E-state index contributed by atoms with van der Waals surface area (Å²) in [5, 5.41) is 3.62. The van der Waals surface area contributed by atoms with E-state index >= 15 is 0 Å². The maximum absolute atomic E-state index is 11.9. The Hall–Kier alpha value is -0.540. The lowest BCUT2D eigenvalue weighted by molar-refractivity contribution is -0.121. The highest BCUT2D eigenvalue weighted by molar-refractivity contribution is 9.10. The molecule has 0 aliphatic carbocycles. The van der Waals surface area contributed by atoms with Gasteiger partial charge < -0.3 is 5.32 Å². The van der Waals surface area contributed by atoms with E-state index in [1.165, 1.54) is 0 Å². The Kier molecular flexibility index (Phi) is 5.47. The van der Waals surface area contributed by atoms with Crippen LogP contribution in [0.15, 0.2) is 24.3 Å². The van der Waals surface area contributed by atoms with E-state index in [4.69, 9.17) is 11.6 Å². The lowest BCUT2D eigenvalue weighted by Crippen LogP contribution is -2.35. The van der Waals surface area contributed by atoms with Crippen LogP contribution in [-0.2, 0) is 4.79 Å². The van der Waals surface area contributed by atoms with Crippen molar-refractivity contribution in [2.45, 2.75) is 31.6 Å². The number of rotatable bonds is 4. The zero-order valence-corrected chi connectivity index (χ0v) is 12.5. The van der Waals surface area contributed by atoms with Gasteiger partial charge in [0.25, 0.3) is 0 Å². The van der Waals surface area contributed by atoms with Crippen molar-refractivity contribution in [3.05, 3.63) is 34.9 Å². The summed E-state index contributed by atoms with van der Waals surface area (Å²) in [7, 11) is 0. The van der Waals surface area contributed by atoms with Gasteiger partial charge in [-0.2, -0.15) is 0 Å². The molecule has 0 aromatic heterocycles. The van der Waals surface area contributed by atoms with Gasteiger partial charge in [0.1, 0.15) is 0 Å². The van der Waals surface area contributed by atoms with Gasteiger partial charge in [0.2, 0.25) is 5.91 Å². The molecule has 0 saturated carbocycles.